The summed E-state index contributed by atoms with van der Waals surface area (Å²) in [5.41, 5.74) is 8.64. The van der Waals surface area contributed by atoms with E-state index in [0.717, 1.165) is 25.9 Å². The van der Waals surface area contributed by atoms with Crippen molar-refractivity contribution in [2.75, 3.05) is 18.0 Å². The normalized spacial score (nSPS) is 21.7. The minimum Gasteiger partial charge on any atom is -0.370 e. The molecule has 1 aliphatic heterocycles. The maximum atomic E-state index is 6.00. The molecule has 0 amide bonds. The molecule has 1 aromatic rings. The van der Waals surface area contributed by atoms with Crippen molar-refractivity contribution in [3.05, 3.63) is 24.0 Å². The van der Waals surface area contributed by atoms with Crippen LogP contribution < -0.4 is 10.6 Å². The molecule has 1 atom stereocenters. The SMILES string of the molecule is CCc1cnccc1N1CCC[C@@H](N)C1. The number of nitrogens with zero attached hydrogens (tertiary/aromatic N) is 2. The van der Waals surface area contributed by atoms with E-state index in [2.05, 4.69) is 22.9 Å². The third-order valence-corrected chi connectivity index (χ3v) is 3.06. The lowest BCUT2D eigenvalue weighted by atomic mass is 10.0. The summed E-state index contributed by atoms with van der Waals surface area (Å²) in [5, 5.41) is 0. The van der Waals surface area contributed by atoms with E-state index in [0.29, 0.717) is 6.04 Å². The molecule has 82 valence electrons. The van der Waals surface area contributed by atoms with Gasteiger partial charge in [0.15, 0.2) is 0 Å². The molecule has 2 heterocycles. The Morgan fingerprint density at radius 3 is 3.20 bits per heavy atom. The van der Waals surface area contributed by atoms with E-state index in [1.54, 1.807) is 0 Å². The van der Waals surface area contributed by atoms with Crippen molar-refractivity contribution in [1.29, 1.82) is 0 Å². The average Bonchev–Trinajstić information content (AvgIpc) is 2.29. The zero-order valence-corrected chi connectivity index (χ0v) is 9.32. The van der Waals surface area contributed by atoms with Gasteiger partial charge in [0, 0.05) is 37.2 Å². The molecule has 2 rings (SSSR count). The molecular weight excluding hydrogens is 186 g/mol. The van der Waals surface area contributed by atoms with E-state index >= 15 is 0 Å². The van der Waals surface area contributed by atoms with Crippen LogP contribution in [-0.2, 0) is 6.42 Å². The van der Waals surface area contributed by atoms with Crippen LogP contribution in [0.1, 0.15) is 25.3 Å². The lowest BCUT2D eigenvalue weighted by Gasteiger charge is -2.33. The molecule has 3 heteroatoms. The molecule has 0 bridgehead atoms. The first-order chi connectivity index (χ1) is 7.31. The monoisotopic (exact) mass is 205 g/mol. The highest BCUT2D eigenvalue weighted by Crippen LogP contribution is 2.23. The van der Waals surface area contributed by atoms with Crippen molar-refractivity contribution in [3.63, 3.8) is 0 Å². The van der Waals surface area contributed by atoms with E-state index in [1.165, 1.54) is 17.7 Å². The lowest BCUT2D eigenvalue weighted by Crippen LogP contribution is -2.43. The Labute approximate surface area is 91.3 Å². The lowest BCUT2D eigenvalue weighted by molar-refractivity contribution is 0.505. The second kappa shape index (κ2) is 4.62. The van der Waals surface area contributed by atoms with E-state index in [4.69, 9.17) is 5.73 Å². The molecular formula is C12H19N3. The Morgan fingerprint density at radius 1 is 1.60 bits per heavy atom. The molecule has 1 fully saturated rings. The first kappa shape index (κ1) is 10.4. The fourth-order valence-electron chi connectivity index (χ4n) is 2.23. The molecule has 1 aromatic heterocycles. The topological polar surface area (TPSA) is 42.2 Å². The van der Waals surface area contributed by atoms with Gasteiger partial charge in [-0.05, 0) is 30.9 Å². The Balaban J connectivity index is 2.20. The standard InChI is InChI=1S/C12H19N3/c1-2-10-8-14-6-5-12(10)15-7-3-4-11(13)9-15/h5-6,8,11H,2-4,7,9,13H2,1H3/t11-/m1/s1. The van der Waals surface area contributed by atoms with Crippen LogP contribution in [0.3, 0.4) is 0 Å². The highest BCUT2D eigenvalue weighted by atomic mass is 15.2. The second-order valence-electron chi connectivity index (χ2n) is 4.21. The van der Waals surface area contributed by atoms with Gasteiger partial charge in [0.05, 0.1) is 0 Å². The van der Waals surface area contributed by atoms with Crippen LogP contribution in [0, 0.1) is 0 Å². The predicted octanol–water partition coefficient (Wildman–Crippen LogP) is 1.57. The molecule has 0 aliphatic carbocycles. The zero-order valence-electron chi connectivity index (χ0n) is 9.32. The number of anilines is 1. The van der Waals surface area contributed by atoms with Gasteiger partial charge in [-0.3, -0.25) is 4.98 Å². The third kappa shape index (κ3) is 2.29. The van der Waals surface area contributed by atoms with E-state index in [1.807, 2.05) is 12.4 Å². The summed E-state index contributed by atoms with van der Waals surface area (Å²) < 4.78 is 0. The van der Waals surface area contributed by atoms with Crippen molar-refractivity contribution in [3.8, 4) is 0 Å². The van der Waals surface area contributed by atoms with Crippen LogP contribution in [-0.4, -0.2) is 24.1 Å². The van der Waals surface area contributed by atoms with Gasteiger partial charge in [-0.1, -0.05) is 6.92 Å². The summed E-state index contributed by atoms with van der Waals surface area (Å²) in [5.74, 6) is 0. The fraction of sp³-hybridized carbons (Fsp3) is 0.583. The largest absolute Gasteiger partial charge is 0.370 e. The molecule has 1 saturated heterocycles. The number of aryl methyl sites for hydroxylation is 1. The molecule has 0 radical (unpaired) electrons. The van der Waals surface area contributed by atoms with Crippen LogP contribution in [0.2, 0.25) is 0 Å². The van der Waals surface area contributed by atoms with Gasteiger partial charge < -0.3 is 10.6 Å². The van der Waals surface area contributed by atoms with Gasteiger partial charge >= 0.3 is 0 Å². The molecule has 0 spiro atoms. The summed E-state index contributed by atoms with van der Waals surface area (Å²) in [6, 6.07) is 2.44. The Kier molecular flexibility index (Phi) is 3.21. The highest BCUT2D eigenvalue weighted by Gasteiger charge is 2.18. The first-order valence-corrected chi connectivity index (χ1v) is 5.74. The number of aromatic nitrogens is 1. The van der Waals surface area contributed by atoms with Gasteiger partial charge in [-0.25, -0.2) is 0 Å². The van der Waals surface area contributed by atoms with Crippen molar-refractivity contribution in [1.82, 2.24) is 4.98 Å². The molecule has 0 unspecified atom stereocenters. The van der Waals surface area contributed by atoms with Crippen LogP contribution in [0.25, 0.3) is 0 Å². The number of hydrogen-bond acceptors (Lipinski definition) is 3. The van der Waals surface area contributed by atoms with Crippen LogP contribution in [0.15, 0.2) is 18.5 Å². The van der Waals surface area contributed by atoms with Crippen LogP contribution in [0.4, 0.5) is 5.69 Å². The number of rotatable bonds is 2. The maximum Gasteiger partial charge on any atom is 0.0430 e. The number of nitrogens with two attached hydrogens (primary N) is 1. The predicted molar refractivity (Wildman–Crippen MR) is 63.0 cm³/mol. The van der Waals surface area contributed by atoms with Crippen LogP contribution >= 0.6 is 0 Å². The van der Waals surface area contributed by atoms with E-state index in [-0.39, 0.29) is 0 Å². The molecule has 3 nitrogen and oxygen atoms in total. The minimum atomic E-state index is 0.330. The quantitative estimate of drug-likeness (QED) is 0.797. The molecule has 0 saturated carbocycles. The summed E-state index contributed by atoms with van der Waals surface area (Å²) in [6.07, 6.45) is 7.23. The molecule has 2 N–H and O–H groups in total. The summed E-state index contributed by atoms with van der Waals surface area (Å²) in [4.78, 5) is 6.57. The molecule has 0 aromatic carbocycles. The molecule has 1 aliphatic rings. The van der Waals surface area contributed by atoms with Gasteiger partial charge in [-0.15, -0.1) is 0 Å². The van der Waals surface area contributed by atoms with Gasteiger partial charge in [0.1, 0.15) is 0 Å². The van der Waals surface area contributed by atoms with Crippen molar-refractivity contribution >= 4 is 5.69 Å². The fourth-order valence-corrected chi connectivity index (χ4v) is 2.23. The Morgan fingerprint density at radius 2 is 2.47 bits per heavy atom. The van der Waals surface area contributed by atoms with Crippen LogP contribution in [0.5, 0.6) is 0 Å². The summed E-state index contributed by atoms with van der Waals surface area (Å²) >= 11 is 0. The van der Waals surface area contributed by atoms with E-state index < -0.39 is 0 Å². The smallest absolute Gasteiger partial charge is 0.0430 e. The number of piperidine rings is 1. The Hall–Kier alpha value is -1.09. The van der Waals surface area contributed by atoms with Gasteiger partial charge in [0.25, 0.3) is 0 Å². The summed E-state index contributed by atoms with van der Waals surface area (Å²) in [7, 11) is 0. The minimum absolute atomic E-state index is 0.330. The second-order valence-corrected chi connectivity index (χ2v) is 4.21. The third-order valence-electron chi connectivity index (χ3n) is 3.06. The zero-order chi connectivity index (χ0) is 10.7. The number of hydrogen-bond donors (Lipinski definition) is 1. The Bertz CT molecular complexity index is 324. The summed E-state index contributed by atoms with van der Waals surface area (Å²) in [6.45, 7) is 4.28. The van der Waals surface area contributed by atoms with Crippen molar-refractivity contribution < 1.29 is 0 Å². The van der Waals surface area contributed by atoms with E-state index in [9.17, 15) is 0 Å². The number of pyridine rings is 1. The highest BCUT2D eigenvalue weighted by molar-refractivity contribution is 5.52. The van der Waals surface area contributed by atoms with Gasteiger partial charge in [0.2, 0.25) is 0 Å². The van der Waals surface area contributed by atoms with Crippen molar-refractivity contribution in [2.45, 2.75) is 32.2 Å². The average molecular weight is 205 g/mol. The van der Waals surface area contributed by atoms with Crippen molar-refractivity contribution in [2.24, 2.45) is 5.73 Å². The maximum absolute atomic E-state index is 6.00. The molecule has 15 heavy (non-hydrogen) atoms. The van der Waals surface area contributed by atoms with Gasteiger partial charge in [-0.2, -0.15) is 0 Å². The first-order valence-electron chi connectivity index (χ1n) is 5.74.